The van der Waals surface area contributed by atoms with Crippen LogP contribution in [0, 0.1) is 0 Å². The quantitative estimate of drug-likeness (QED) is 0.837. The van der Waals surface area contributed by atoms with Crippen LogP contribution in [-0.4, -0.2) is 5.11 Å². The predicted molar refractivity (Wildman–Crippen MR) is 89.9 cm³/mol. The average Bonchev–Trinajstić information content (AvgIpc) is 2.40. The van der Waals surface area contributed by atoms with E-state index in [1.807, 2.05) is 43.3 Å². The molecule has 0 radical (unpaired) electrons. The van der Waals surface area contributed by atoms with Gasteiger partial charge in [0.25, 0.3) is 0 Å². The molecule has 0 aromatic heterocycles. The van der Waals surface area contributed by atoms with Gasteiger partial charge in [0.15, 0.2) is 0 Å². The standard InChI is InChI=1S/C19H23ClO/c1-18(2,3)15-7-9-16(10-8-15)19(4,21)13-14-5-11-17(20)12-6-14/h5-12,21H,13H2,1-4H3. The summed E-state index contributed by atoms with van der Waals surface area (Å²) in [5.41, 5.74) is 2.52. The van der Waals surface area contributed by atoms with Gasteiger partial charge in [0.2, 0.25) is 0 Å². The molecule has 0 aliphatic rings. The molecule has 0 aliphatic carbocycles. The summed E-state index contributed by atoms with van der Waals surface area (Å²) >= 11 is 5.90. The van der Waals surface area contributed by atoms with Crippen molar-refractivity contribution >= 4 is 11.6 Å². The van der Waals surface area contributed by atoms with E-state index in [0.717, 1.165) is 11.1 Å². The fourth-order valence-corrected chi connectivity index (χ4v) is 2.56. The third kappa shape index (κ3) is 4.09. The Kier molecular flexibility index (Phi) is 4.46. The number of aliphatic hydroxyl groups is 1. The van der Waals surface area contributed by atoms with Crippen molar-refractivity contribution in [3.63, 3.8) is 0 Å². The molecule has 1 N–H and O–H groups in total. The molecular formula is C19H23ClO. The fraction of sp³-hybridized carbons (Fsp3) is 0.368. The highest BCUT2D eigenvalue weighted by Gasteiger charge is 2.24. The highest BCUT2D eigenvalue weighted by molar-refractivity contribution is 6.30. The third-order valence-corrected chi connectivity index (χ3v) is 4.09. The first-order chi connectivity index (χ1) is 9.68. The topological polar surface area (TPSA) is 20.2 Å². The Bertz CT molecular complexity index is 589. The molecule has 0 fully saturated rings. The van der Waals surface area contributed by atoms with Crippen LogP contribution in [0.3, 0.4) is 0 Å². The van der Waals surface area contributed by atoms with E-state index in [4.69, 9.17) is 11.6 Å². The maximum Gasteiger partial charge on any atom is 0.0908 e. The molecule has 2 heteroatoms. The SMILES string of the molecule is CC(C)(C)c1ccc(C(C)(O)Cc2ccc(Cl)cc2)cc1. The second-order valence-electron chi connectivity index (χ2n) is 6.90. The number of halogens is 1. The largest absolute Gasteiger partial charge is 0.385 e. The number of hydrogen-bond acceptors (Lipinski definition) is 1. The van der Waals surface area contributed by atoms with Crippen LogP contribution in [-0.2, 0) is 17.4 Å². The van der Waals surface area contributed by atoms with Crippen LogP contribution in [0.1, 0.15) is 44.4 Å². The molecule has 1 unspecified atom stereocenters. The Morgan fingerprint density at radius 2 is 1.29 bits per heavy atom. The molecule has 0 saturated heterocycles. The Morgan fingerprint density at radius 1 is 0.810 bits per heavy atom. The zero-order chi connectivity index (χ0) is 15.7. The Balaban J connectivity index is 2.21. The second kappa shape index (κ2) is 5.82. The molecule has 0 spiro atoms. The Labute approximate surface area is 132 Å². The van der Waals surface area contributed by atoms with Crippen molar-refractivity contribution in [2.75, 3.05) is 0 Å². The summed E-state index contributed by atoms with van der Waals surface area (Å²) in [5.74, 6) is 0. The fourth-order valence-electron chi connectivity index (χ4n) is 2.43. The van der Waals surface area contributed by atoms with Crippen molar-refractivity contribution in [3.05, 3.63) is 70.2 Å². The van der Waals surface area contributed by atoms with Gasteiger partial charge in [-0.15, -0.1) is 0 Å². The van der Waals surface area contributed by atoms with Gasteiger partial charge in [0, 0.05) is 11.4 Å². The van der Waals surface area contributed by atoms with E-state index >= 15 is 0 Å². The lowest BCUT2D eigenvalue weighted by molar-refractivity contribution is 0.0576. The molecule has 0 aliphatic heterocycles. The molecule has 0 heterocycles. The van der Waals surface area contributed by atoms with Crippen molar-refractivity contribution in [3.8, 4) is 0 Å². The summed E-state index contributed by atoms with van der Waals surface area (Å²) in [6.45, 7) is 8.42. The maximum absolute atomic E-state index is 10.8. The van der Waals surface area contributed by atoms with E-state index in [-0.39, 0.29) is 5.41 Å². The molecule has 0 saturated carbocycles. The number of rotatable bonds is 3. The summed E-state index contributed by atoms with van der Waals surface area (Å²) in [4.78, 5) is 0. The van der Waals surface area contributed by atoms with Crippen molar-refractivity contribution < 1.29 is 5.11 Å². The van der Waals surface area contributed by atoms with Gasteiger partial charge < -0.3 is 5.11 Å². The number of hydrogen-bond donors (Lipinski definition) is 1. The third-order valence-electron chi connectivity index (χ3n) is 3.83. The first-order valence-electron chi connectivity index (χ1n) is 7.26. The van der Waals surface area contributed by atoms with Crippen LogP contribution < -0.4 is 0 Å². The van der Waals surface area contributed by atoms with E-state index in [9.17, 15) is 5.11 Å². The Morgan fingerprint density at radius 3 is 1.76 bits per heavy atom. The van der Waals surface area contributed by atoms with Gasteiger partial charge in [-0.3, -0.25) is 0 Å². The number of benzene rings is 2. The molecule has 2 aromatic carbocycles. The molecule has 1 atom stereocenters. The van der Waals surface area contributed by atoms with E-state index in [2.05, 4.69) is 32.9 Å². The monoisotopic (exact) mass is 302 g/mol. The molecule has 1 nitrogen and oxygen atoms in total. The minimum absolute atomic E-state index is 0.126. The molecule has 112 valence electrons. The van der Waals surface area contributed by atoms with Crippen molar-refractivity contribution in [2.24, 2.45) is 0 Å². The zero-order valence-electron chi connectivity index (χ0n) is 13.2. The molecule has 0 bridgehead atoms. The molecular weight excluding hydrogens is 280 g/mol. The molecule has 21 heavy (non-hydrogen) atoms. The highest BCUT2D eigenvalue weighted by Crippen LogP contribution is 2.29. The highest BCUT2D eigenvalue weighted by atomic mass is 35.5. The van der Waals surface area contributed by atoms with Crippen LogP contribution in [0.5, 0.6) is 0 Å². The van der Waals surface area contributed by atoms with Crippen molar-refractivity contribution in [2.45, 2.75) is 45.1 Å². The minimum Gasteiger partial charge on any atom is -0.385 e. The van der Waals surface area contributed by atoms with Gasteiger partial charge in [-0.2, -0.15) is 0 Å². The van der Waals surface area contributed by atoms with Crippen molar-refractivity contribution in [1.82, 2.24) is 0 Å². The van der Waals surface area contributed by atoms with Crippen molar-refractivity contribution in [1.29, 1.82) is 0 Å². The minimum atomic E-state index is -0.885. The lowest BCUT2D eigenvalue weighted by Crippen LogP contribution is -2.24. The van der Waals surface area contributed by atoms with E-state index in [1.165, 1.54) is 5.56 Å². The molecule has 0 amide bonds. The zero-order valence-corrected chi connectivity index (χ0v) is 13.9. The van der Waals surface area contributed by atoms with Gasteiger partial charge in [-0.05, 0) is 41.2 Å². The second-order valence-corrected chi connectivity index (χ2v) is 7.34. The lowest BCUT2D eigenvalue weighted by atomic mass is 9.83. The first-order valence-corrected chi connectivity index (χ1v) is 7.64. The van der Waals surface area contributed by atoms with Crippen LogP contribution in [0.2, 0.25) is 5.02 Å². The predicted octanol–water partition coefficient (Wildman–Crippen LogP) is 5.09. The first kappa shape index (κ1) is 16.1. The Hall–Kier alpha value is -1.31. The van der Waals surface area contributed by atoms with Gasteiger partial charge in [-0.25, -0.2) is 0 Å². The van der Waals surface area contributed by atoms with Crippen LogP contribution in [0.4, 0.5) is 0 Å². The van der Waals surface area contributed by atoms with Gasteiger partial charge in [-0.1, -0.05) is 68.8 Å². The maximum atomic E-state index is 10.8. The summed E-state index contributed by atoms with van der Waals surface area (Å²) in [6.07, 6.45) is 0.568. The van der Waals surface area contributed by atoms with Gasteiger partial charge in [0.1, 0.15) is 0 Å². The van der Waals surface area contributed by atoms with Crippen LogP contribution in [0.15, 0.2) is 48.5 Å². The van der Waals surface area contributed by atoms with E-state index in [0.29, 0.717) is 11.4 Å². The van der Waals surface area contributed by atoms with E-state index < -0.39 is 5.60 Å². The summed E-state index contributed by atoms with van der Waals surface area (Å²) < 4.78 is 0. The van der Waals surface area contributed by atoms with Crippen LogP contribution in [0.25, 0.3) is 0 Å². The summed E-state index contributed by atoms with van der Waals surface area (Å²) in [5, 5.41) is 11.5. The average molecular weight is 303 g/mol. The molecule has 2 aromatic rings. The van der Waals surface area contributed by atoms with Gasteiger partial charge >= 0.3 is 0 Å². The van der Waals surface area contributed by atoms with Gasteiger partial charge in [0.05, 0.1) is 5.60 Å². The van der Waals surface area contributed by atoms with E-state index in [1.54, 1.807) is 0 Å². The smallest absolute Gasteiger partial charge is 0.0908 e. The summed E-state index contributed by atoms with van der Waals surface area (Å²) in [7, 11) is 0. The molecule has 2 rings (SSSR count). The van der Waals surface area contributed by atoms with Crippen LogP contribution >= 0.6 is 11.6 Å². The normalized spacial score (nSPS) is 14.8. The summed E-state index contributed by atoms with van der Waals surface area (Å²) in [6, 6.07) is 15.9. The lowest BCUT2D eigenvalue weighted by Gasteiger charge is -2.26.